The maximum atomic E-state index is 12.9. The zero-order valence-corrected chi connectivity index (χ0v) is 17.9. The van der Waals surface area contributed by atoms with Crippen molar-refractivity contribution in [3.8, 4) is 0 Å². The lowest BCUT2D eigenvalue weighted by Gasteiger charge is -2.40. The summed E-state index contributed by atoms with van der Waals surface area (Å²) in [6.07, 6.45) is 3.12. The number of carbonyl (C=O) groups is 1. The molecule has 2 fully saturated rings. The predicted octanol–water partition coefficient (Wildman–Crippen LogP) is 4.76. The smallest absolute Gasteiger partial charge is 0.227 e. The number of rotatable bonds is 4. The van der Waals surface area contributed by atoms with Gasteiger partial charge in [-0.25, -0.2) is 4.98 Å². The van der Waals surface area contributed by atoms with E-state index in [1.54, 1.807) is 11.3 Å². The van der Waals surface area contributed by atoms with E-state index in [1.165, 1.54) is 28.7 Å². The van der Waals surface area contributed by atoms with Gasteiger partial charge in [-0.1, -0.05) is 41.7 Å². The highest BCUT2D eigenvalue weighted by molar-refractivity contribution is 7.22. The van der Waals surface area contributed by atoms with Crippen LogP contribution in [0, 0.1) is 6.92 Å². The molecule has 1 aromatic heterocycles. The number of fused-ring (bicyclic) bond motifs is 1. The first kappa shape index (κ1) is 18.6. The Morgan fingerprint density at radius 3 is 2.66 bits per heavy atom. The van der Waals surface area contributed by atoms with Crippen LogP contribution in [0.3, 0.4) is 0 Å². The molecule has 150 valence electrons. The maximum Gasteiger partial charge on any atom is 0.227 e. The molecular weight excluding hydrogens is 378 g/mol. The maximum absolute atomic E-state index is 12.9. The van der Waals surface area contributed by atoms with Gasteiger partial charge in [-0.3, -0.25) is 4.79 Å². The van der Waals surface area contributed by atoms with Crippen LogP contribution in [-0.2, 0) is 11.2 Å². The number of nitrogens with zero attached hydrogens (tertiary/aromatic N) is 3. The highest BCUT2D eigenvalue weighted by Crippen LogP contribution is 2.40. The molecule has 29 heavy (non-hydrogen) atoms. The first-order valence-electron chi connectivity index (χ1n) is 10.6. The summed E-state index contributed by atoms with van der Waals surface area (Å²) >= 11 is 1.75. The summed E-state index contributed by atoms with van der Waals surface area (Å²) in [6, 6.07) is 15.3. The molecule has 5 rings (SSSR count). The van der Waals surface area contributed by atoms with E-state index in [9.17, 15) is 4.79 Å². The predicted molar refractivity (Wildman–Crippen MR) is 120 cm³/mol. The number of aryl methyl sites for hydroxylation is 1. The summed E-state index contributed by atoms with van der Waals surface area (Å²) in [4.78, 5) is 22.1. The molecule has 1 unspecified atom stereocenters. The number of anilines is 1. The Morgan fingerprint density at radius 1 is 1.14 bits per heavy atom. The van der Waals surface area contributed by atoms with E-state index in [-0.39, 0.29) is 11.9 Å². The van der Waals surface area contributed by atoms with Crippen molar-refractivity contribution >= 4 is 32.6 Å². The molecule has 1 aliphatic heterocycles. The Labute approximate surface area is 176 Å². The standard InChI is InChI=1S/C24H27N3OS/c1-16-3-10-21-22(13-16)29-24(25-21)26-11-12-27(17(2)15-26)23(28)14-18-4-6-19(7-5-18)20-8-9-20/h3-7,10,13,17,20H,8-9,11-12,14-15H2,1-2H3. The summed E-state index contributed by atoms with van der Waals surface area (Å²) in [5, 5.41) is 1.07. The third-order valence-electron chi connectivity index (χ3n) is 6.13. The molecule has 1 saturated carbocycles. The highest BCUT2D eigenvalue weighted by atomic mass is 32.1. The van der Waals surface area contributed by atoms with Crippen molar-refractivity contribution < 1.29 is 4.79 Å². The van der Waals surface area contributed by atoms with Gasteiger partial charge >= 0.3 is 0 Å². The number of benzene rings is 2. The van der Waals surface area contributed by atoms with Crippen LogP contribution in [0.4, 0.5) is 5.13 Å². The van der Waals surface area contributed by atoms with Gasteiger partial charge in [0.2, 0.25) is 5.91 Å². The van der Waals surface area contributed by atoms with Crippen LogP contribution in [0.15, 0.2) is 42.5 Å². The molecule has 1 aliphatic carbocycles. The van der Waals surface area contributed by atoms with Crippen LogP contribution in [-0.4, -0.2) is 41.5 Å². The number of hydrogen-bond acceptors (Lipinski definition) is 4. The molecule has 1 amide bonds. The fourth-order valence-corrected chi connectivity index (χ4v) is 5.36. The van der Waals surface area contributed by atoms with Crippen LogP contribution in [0.2, 0.25) is 0 Å². The van der Waals surface area contributed by atoms with Crippen molar-refractivity contribution in [2.75, 3.05) is 24.5 Å². The number of hydrogen-bond donors (Lipinski definition) is 0. The quantitative estimate of drug-likeness (QED) is 0.628. The Morgan fingerprint density at radius 2 is 1.93 bits per heavy atom. The number of amides is 1. The van der Waals surface area contributed by atoms with Gasteiger partial charge in [0.25, 0.3) is 0 Å². The zero-order valence-electron chi connectivity index (χ0n) is 17.1. The summed E-state index contributed by atoms with van der Waals surface area (Å²) in [5.74, 6) is 0.996. The topological polar surface area (TPSA) is 36.4 Å². The van der Waals surface area contributed by atoms with Crippen molar-refractivity contribution in [2.45, 2.75) is 45.1 Å². The van der Waals surface area contributed by atoms with Crippen molar-refractivity contribution in [3.63, 3.8) is 0 Å². The van der Waals surface area contributed by atoms with Crippen molar-refractivity contribution in [2.24, 2.45) is 0 Å². The van der Waals surface area contributed by atoms with Crippen molar-refractivity contribution in [1.29, 1.82) is 0 Å². The Hall–Kier alpha value is -2.40. The molecule has 1 atom stereocenters. The molecule has 0 bridgehead atoms. The minimum absolute atomic E-state index is 0.190. The second-order valence-electron chi connectivity index (χ2n) is 8.54. The highest BCUT2D eigenvalue weighted by Gasteiger charge is 2.29. The summed E-state index contributed by atoms with van der Waals surface area (Å²) in [6.45, 7) is 6.71. The molecule has 5 heteroatoms. The van der Waals surface area contributed by atoms with Crippen LogP contribution >= 0.6 is 11.3 Å². The molecule has 0 spiro atoms. The first-order valence-corrected chi connectivity index (χ1v) is 11.4. The molecule has 0 N–H and O–H groups in total. The third kappa shape index (κ3) is 3.88. The average Bonchev–Trinajstić information content (AvgIpc) is 3.47. The number of piperazine rings is 1. The van der Waals surface area contributed by atoms with Gasteiger partial charge in [-0.15, -0.1) is 0 Å². The molecule has 2 aliphatic rings. The summed E-state index contributed by atoms with van der Waals surface area (Å²) < 4.78 is 1.24. The van der Waals surface area contributed by atoms with Crippen molar-refractivity contribution in [3.05, 3.63) is 59.2 Å². The third-order valence-corrected chi connectivity index (χ3v) is 7.21. The SMILES string of the molecule is Cc1ccc2nc(N3CCN(C(=O)Cc4ccc(C5CC5)cc4)C(C)C3)sc2c1. The van der Waals surface area contributed by atoms with Crippen LogP contribution in [0.25, 0.3) is 10.2 Å². The minimum Gasteiger partial charge on any atom is -0.344 e. The molecule has 4 nitrogen and oxygen atoms in total. The largest absolute Gasteiger partial charge is 0.344 e. The molecule has 3 aromatic rings. The van der Waals surface area contributed by atoms with E-state index in [4.69, 9.17) is 4.98 Å². The molecular formula is C24H27N3OS. The lowest BCUT2D eigenvalue weighted by molar-refractivity contribution is -0.132. The second-order valence-corrected chi connectivity index (χ2v) is 9.55. The number of aromatic nitrogens is 1. The van der Waals surface area contributed by atoms with E-state index < -0.39 is 0 Å². The van der Waals surface area contributed by atoms with Crippen LogP contribution < -0.4 is 4.90 Å². The van der Waals surface area contributed by atoms with Crippen LogP contribution in [0.1, 0.15) is 42.4 Å². The number of carbonyl (C=O) groups excluding carboxylic acids is 1. The van der Waals surface area contributed by atoms with Gasteiger partial charge in [-0.2, -0.15) is 0 Å². The van der Waals surface area contributed by atoms with Crippen LogP contribution in [0.5, 0.6) is 0 Å². The lowest BCUT2D eigenvalue weighted by Crippen LogP contribution is -2.54. The van der Waals surface area contributed by atoms with E-state index in [0.29, 0.717) is 6.42 Å². The summed E-state index contributed by atoms with van der Waals surface area (Å²) in [7, 11) is 0. The minimum atomic E-state index is 0.190. The molecule has 1 saturated heterocycles. The normalized spacial score (nSPS) is 19.7. The Balaban J connectivity index is 1.23. The molecule has 2 aromatic carbocycles. The Kier molecular flexibility index (Phi) is 4.78. The van der Waals surface area contributed by atoms with Gasteiger partial charge in [0.1, 0.15) is 0 Å². The van der Waals surface area contributed by atoms with Gasteiger partial charge in [0, 0.05) is 25.7 Å². The average molecular weight is 406 g/mol. The lowest BCUT2D eigenvalue weighted by atomic mass is 10.0. The summed E-state index contributed by atoms with van der Waals surface area (Å²) in [5.41, 5.74) is 4.88. The van der Waals surface area contributed by atoms with E-state index in [2.05, 4.69) is 61.2 Å². The van der Waals surface area contributed by atoms with E-state index in [1.807, 2.05) is 4.90 Å². The zero-order chi connectivity index (χ0) is 20.0. The monoisotopic (exact) mass is 405 g/mol. The fraction of sp³-hybridized carbons (Fsp3) is 0.417. The number of thiazole rings is 1. The van der Waals surface area contributed by atoms with Gasteiger partial charge in [0.05, 0.1) is 16.6 Å². The molecule has 0 radical (unpaired) electrons. The van der Waals surface area contributed by atoms with Gasteiger partial charge in [0.15, 0.2) is 5.13 Å². The van der Waals surface area contributed by atoms with E-state index >= 15 is 0 Å². The van der Waals surface area contributed by atoms with Gasteiger partial charge in [-0.05, 0) is 61.4 Å². The molecule has 2 heterocycles. The van der Waals surface area contributed by atoms with Gasteiger partial charge < -0.3 is 9.80 Å². The van der Waals surface area contributed by atoms with E-state index in [0.717, 1.165) is 41.8 Å². The van der Waals surface area contributed by atoms with Crippen molar-refractivity contribution in [1.82, 2.24) is 9.88 Å². The first-order chi connectivity index (χ1) is 14.1. The fourth-order valence-electron chi connectivity index (χ4n) is 4.26. The Bertz CT molecular complexity index is 1040. The second kappa shape index (κ2) is 7.45.